The van der Waals surface area contributed by atoms with Crippen LogP contribution in [0.1, 0.15) is 78.6 Å². The van der Waals surface area contributed by atoms with Crippen LogP contribution in [-0.4, -0.2) is 29.0 Å². The number of hydrogen-bond acceptors (Lipinski definition) is 4. The number of anilines is 1. The van der Waals surface area contributed by atoms with Crippen LogP contribution >= 0.6 is 0 Å². The molecule has 0 unspecified atom stereocenters. The van der Waals surface area contributed by atoms with E-state index in [0.29, 0.717) is 38.5 Å². The Morgan fingerprint density at radius 3 is 2.13 bits per heavy atom. The van der Waals surface area contributed by atoms with Crippen LogP contribution in [0.5, 0.6) is 0 Å². The van der Waals surface area contributed by atoms with Crippen LogP contribution < -0.4 is 16.1 Å². The number of hydrogen-bond donors (Lipinski definition) is 4. The molecule has 0 fully saturated rings. The van der Waals surface area contributed by atoms with Gasteiger partial charge in [0.2, 0.25) is 17.7 Å². The number of hydroxylamine groups is 1. The normalized spacial score (nSPS) is 12.1. The van der Waals surface area contributed by atoms with Gasteiger partial charge in [-0.25, -0.2) is 5.48 Å². The SMILES string of the molecule is CCC(C)(C)C[C@@H](CCCC(=O)NO)NC(=O)CCCCC(=O)Nc1ccccc1. The highest BCUT2D eigenvalue weighted by atomic mass is 16.5. The van der Waals surface area contributed by atoms with Gasteiger partial charge >= 0.3 is 0 Å². The first-order chi connectivity index (χ1) is 14.3. The fraction of sp³-hybridized carbons (Fsp3) is 0.609. The van der Waals surface area contributed by atoms with E-state index in [2.05, 4.69) is 31.4 Å². The Kier molecular flexibility index (Phi) is 11.7. The van der Waals surface area contributed by atoms with Crippen LogP contribution in [0.2, 0.25) is 0 Å². The van der Waals surface area contributed by atoms with E-state index < -0.39 is 5.91 Å². The lowest BCUT2D eigenvalue weighted by atomic mass is 9.82. The lowest BCUT2D eigenvalue weighted by Crippen LogP contribution is -2.38. The van der Waals surface area contributed by atoms with Gasteiger partial charge in [-0.1, -0.05) is 45.4 Å². The van der Waals surface area contributed by atoms with Crippen molar-refractivity contribution < 1.29 is 19.6 Å². The summed E-state index contributed by atoms with van der Waals surface area (Å²) in [4.78, 5) is 35.6. The minimum Gasteiger partial charge on any atom is -0.353 e. The number of carbonyl (C=O) groups excluding carboxylic acids is 3. The number of benzene rings is 1. The van der Waals surface area contributed by atoms with Gasteiger partial charge in [-0.05, 0) is 49.7 Å². The quantitative estimate of drug-likeness (QED) is 0.206. The maximum absolute atomic E-state index is 12.4. The molecule has 0 saturated heterocycles. The summed E-state index contributed by atoms with van der Waals surface area (Å²) in [5.74, 6) is -0.489. The molecule has 0 bridgehead atoms. The van der Waals surface area contributed by atoms with E-state index in [1.807, 2.05) is 30.3 Å². The first-order valence-electron chi connectivity index (χ1n) is 10.8. The third kappa shape index (κ3) is 11.6. The summed E-state index contributed by atoms with van der Waals surface area (Å²) in [6.45, 7) is 6.45. The zero-order chi connectivity index (χ0) is 22.4. The van der Waals surface area contributed by atoms with E-state index in [-0.39, 0.29) is 29.7 Å². The highest BCUT2D eigenvalue weighted by Gasteiger charge is 2.23. The second-order valence-corrected chi connectivity index (χ2v) is 8.53. The number of para-hydroxylation sites is 1. The minimum absolute atomic E-state index is 0.0136. The number of carbonyl (C=O) groups is 3. The molecule has 168 valence electrons. The van der Waals surface area contributed by atoms with Crippen LogP contribution in [0.15, 0.2) is 30.3 Å². The monoisotopic (exact) mass is 419 g/mol. The molecule has 4 N–H and O–H groups in total. The number of rotatable bonds is 14. The average Bonchev–Trinajstić information content (AvgIpc) is 2.71. The second-order valence-electron chi connectivity index (χ2n) is 8.53. The third-order valence-corrected chi connectivity index (χ3v) is 5.32. The highest BCUT2D eigenvalue weighted by Crippen LogP contribution is 2.28. The molecule has 7 heteroatoms. The summed E-state index contributed by atoms with van der Waals surface area (Å²) in [5.41, 5.74) is 2.50. The minimum atomic E-state index is -0.413. The van der Waals surface area contributed by atoms with Gasteiger partial charge in [0.25, 0.3) is 0 Å². The first kappa shape index (κ1) is 25.6. The summed E-state index contributed by atoms with van der Waals surface area (Å²) in [7, 11) is 0. The summed E-state index contributed by atoms with van der Waals surface area (Å²) in [6.07, 6.45) is 5.37. The van der Waals surface area contributed by atoms with E-state index >= 15 is 0 Å². The van der Waals surface area contributed by atoms with Gasteiger partial charge in [0.05, 0.1) is 0 Å². The zero-order valence-corrected chi connectivity index (χ0v) is 18.5. The molecule has 1 aromatic rings. The molecule has 0 radical (unpaired) electrons. The molecule has 0 heterocycles. The van der Waals surface area contributed by atoms with Crippen molar-refractivity contribution in [2.75, 3.05) is 5.32 Å². The van der Waals surface area contributed by atoms with Gasteiger partial charge in [0.15, 0.2) is 0 Å². The average molecular weight is 420 g/mol. The van der Waals surface area contributed by atoms with Crippen molar-refractivity contribution in [2.24, 2.45) is 5.41 Å². The van der Waals surface area contributed by atoms with E-state index in [0.717, 1.165) is 18.5 Å². The third-order valence-electron chi connectivity index (χ3n) is 5.32. The molecule has 0 aliphatic rings. The molecular weight excluding hydrogens is 382 g/mol. The molecule has 1 aromatic carbocycles. The van der Waals surface area contributed by atoms with Crippen LogP contribution in [-0.2, 0) is 14.4 Å². The predicted octanol–water partition coefficient (Wildman–Crippen LogP) is 4.17. The van der Waals surface area contributed by atoms with Gasteiger partial charge in [-0.15, -0.1) is 0 Å². The maximum Gasteiger partial charge on any atom is 0.243 e. The molecule has 0 spiro atoms. The fourth-order valence-electron chi connectivity index (χ4n) is 3.22. The van der Waals surface area contributed by atoms with Crippen molar-refractivity contribution in [1.82, 2.24) is 10.8 Å². The van der Waals surface area contributed by atoms with E-state index in [1.165, 1.54) is 0 Å². The predicted molar refractivity (Wildman–Crippen MR) is 118 cm³/mol. The van der Waals surface area contributed by atoms with Gasteiger partial charge < -0.3 is 10.6 Å². The number of nitrogens with one attached hydrogen (secondary N) is 3. The molecule has 1 atom stereocenters. The van der Waals surface area contributed by atoms with Crippen LogP contribution in [0, 0.1) is 5.41 Å². The zero-order valence-electron chi connectivity index (χ0n) is 18.5. The Morgan fingerprint density at radius 1 is 0.933 bits per heavy atom. The van der Waals surface area contributed by atoms with Crippen LogP contribution in [0.3, 0.4) is 0 Å². The van der Waals surface area contributed by atoms with Crippen molar-refractivity contribution in [3.8, 4) is 0 Å². The Bertz CT molecular complexity index is 662. The standard InChI is InChI=1S/C23H37N3O4/c1-4-23(2,3)17-19(13-10-16-22(29)26-30)25-21(28)15-9-8-14-20(27)24-18-11-6-5-7-12-18/h5-7,11-12,19,30H,4,8-10,13-17H2,1-3H3,(H,24,27)(H,25,28)(H,26,29)/t19-/m1/s1. The Balaban J connectivity index is 2.36. The molecular formula is C23H37N3O4. The molecule has 0 saturated carbocycles. The number of unbranched alkanes of at least 4 members (excludes halogenated alkanes) is 1. The fourth-order valence-corrected chi connectivity index (χ4v) is 3.22. The van der Waals surface area contributed by atoms with Crippen molar-refractivity contribution >= 4 is 23.4 Å². The summed E-state index contributed by atoms with van der Waals surface area (Å²) in [6, 6.07) is 9.30. The Labute approximate surface area is 180 Å². The summed E-state index contributed by atoms with van der Waals surface area (Å²) < 4.78 is 0. The maximum atomic E-state index is 12.4. The molecule has 30 heavy (non-hydrogen) atoms. The van der Waals surface area contributed by atoms with Gasteiger partial charge in [-0.3, -0.25) is 19.6 Å². The lowest BCUT2D eigenvalue weighted by Gasteiger charge is -2.29. The van der Waals surface area contributed by atoms with Crippen molar-refractivity contribution in [2.45, 2.75) is 84.6 Å². The molecule has 0 aliphatic heterocycles. The smallest absolute Gasteiger partial charge is 0.243 e. The van der Waals surface area contributed by atoms with Gasteiger partial charge in [0, 0.05) is 31.0 Å². The molecule has 7 nitrogen and oxygen atoms in total. The van der Waals surface area contributed by atoms with Crippen molar-refractivity contribution in [3.63, 3.8) is 0 Å². The molecule has 1 rings (SSSR count). The second kappa shape index (κ2) is 13.7. The van der Waals surface area contributed by atoms with E-state index in [4.69, 9.17) is 5.21 Å². The first-order valence-corrected chi connectivity index (χ1v) is 10.8. The highest BCUT2D eigenvalue weighted by molar-refractivity contribution is 5.90. The molecule has 3 amide bonds. The summed E-state index contributed by atoms with van der Waals surface area (Å²) in [5, 5.41) is 14.5. The Morgan fingerprint density at radius 2 is 1.53 bits per heavy atom. The van der Waals surface area contributed by atoms with Crippen molar-refractivity contribution in [1.29, 1.82) is 0 Å². The largest absolute Gasteiger partial charge is 0.353 e. The van der Waals surface area contributed by atoms with Crippen LogP contribution in [0.4, 0.5) is 5.69 Å². The summed E-state index contributed by atoms with van der Waals surface area (Å²) >= 11 is 0. The molecule has 0 aromatic heterocycles. The topological polar surface area (TPSA) is 108 Å². The Hall–Kier alpha value is -2.41. The van der Waals surface area contributed by atoms with Gasteiger partial charge in [-0.2, -0.15) is 0 Å². The lowest BCUT2D eigenvalue weighted by molar-refractivity contribution is -0.129. The van der Waals surface area contributed by atoms with E-state index in [9.17, 15) is 14.4 Å². The van der Waals surface area contributed by atoms with Crippen LogP contribution in [0.25, 0.3) is 0 Å². The molecule has 0 aliphatic carbocycles. The van der Waals surface area contributed by atoms with Crippen molar-refractivity contribution in [3.05, 3.63) is 30.3 Å². The van der Waals surface area contributed by atoms with E-state index in [1.54, 1.807) is 5.48 Å². The number of amides is 3. The van der Waals surface area contributed by atoms with Gasteiger partial charge in [0.1, 0.15) is 0 Å².